The predicted molar refractivity (Wildman–Crippen MR) is 92.4 cm³/mol. The van der Waals surface area contributed by atoms with E-state index in [9.17, 15) is 9.59 Å². The molecule has 1 saturated carbocycles. The summed E-state index contributed by atoms with van der Waals surface area (Å²) in [7, 11) is 1.45. The van der Waals surface area contributed by atoms with Gasteiger partial charge >= 0.3 is 0 Å². The quantitative estimate of drug-likeness (QED) is 0.887. The van der Waals surface area contributed by atoms with Crippen LogP contribution in [0.1, 0.15) is 35.7 Å². The molecule has 0 spiro atoms. The van der Waals surface area contributed by atoms with Crippen molar-refractivity contribution in [1.29, 1.82) is 0 Å². The van der Waals surface area contributed by atoms with Gasteiger partial charge in [-0.1, -0.05) is 44.2 Å². The average Bonchev–Trinajstić information content (AvgIpc) is 3.14. The predicted octanol–water partition coefficient (Wildman–Crippen LogP) is 2.55. The van der Waals surface area contributed by atoms with Crippen molar-refractivity contribution in [2.45, 2.75) is 19.8 Å². The Balaban J connectivity index is 1.68. The van der Waals surface area contributed by atoms with Crippen LogP contribution in [0.2, 0.25) is 0 Å². The molecule has 0 aliphatic heterocycles. The fourth-order valence-corrected chi connectivity index (χ4v) is 3.54. The minimum atomic E-state index is -0.295. The zero-order valence-corrected chi connectivity index (χ0v) is 14.1. The maximum absolute atomic E-state index is 12.4. The van der Waals surface area contributed by atoms with Gasteiger partial charge in [-0.25, -0.2) is 0 Å². The molecule has 1 aromatic heterocycles. The topological polar surface area (TPSA) is 71.2 Å². The number of ether oxygens (including phenoxy) is 1. The summed E-state index contributed by atoms with van der Waals surface area (Å²) in [4.78, 5) is 26.2. The first-order valence-corrected chi connectivity index (χ1v) is 8.05. The van der Waals surface area contributed by atoms with Crippen LogP contribution >= 0.6 is 0 Å². The Morgan fingerprint density at radius 1 is 1.29 bits per heavy atom. The van der Waals surface area contributed by atoms with E-state index in [1.54, 1.807) is 0 Å². The number of amides is 1. The molecule has 0 saturated heterocycles. The van der Waals surface area contributed by atoms with Crippen molar-refractivity contribution < 1.29 is 9.53 Å². The molecule has 1 heterocycles. The van der Waals surface area contributed by atoms with Gasteiger partial charge in [0.05, 0.1) is 12.7 Å². The Hall–Kier alpha value is -2.56. The van der Waals surface area contributed by atoms with Gasteiger partial charge in [0, 0.05) is 18.8 Å². The summed E-state index contributed by atoms with van der Waals surface area (Å²) in [5, 5.41) is 2.97. The zero-order chi connectivity index (χ0) is 17.3. The highest BCUT2D eigenvalue weighted by Gasteiger charge is 2.57. The molecule has 0 unspecified atom stereocenters. The van der Waals surface area contributed by atoms with Gasteiger partial charge in [-0.3, -0.25) is 9.59 Å². The molecule has 24 heavy (non-hydrogen) atoms. The molecule has 2 aromatic rings. The second-order valence-electron chi connectivity index (χ2n) is 6.81. The van der Waals surface area contributed by atoms with Crippen LogP contribution in [0.5, 0.6) is 5.75 Å². The lowest BCUT2D eigenvalue weighted by Crippen LogP contribution is -2.28. The van der Waals surface area contributed by atoms with Crippen LogP contribution in [0.15, 0.2) is 47.4 Å². The first kappa shape index (κ1) is 16.3. The highest BCUT2D eigenvalue weighted by Crippen LogP contribution is 2.63. The van der Waals surface area contributed by atoms with Crippen LogP contribution in [0.4, 0.5) is 0 Å². The molecule has 1 aliphatic carbocycles. The Labute approximate surface area is 141 Å². The number of carbonyl (C=O) groups excluding carboxylic acids is 1. The van der Waals surface area contributed by atoms with E-state index in [-0.39, 0.29) is 22.6 Å². The molecule has 0 radical (unpaired) electrons. The van der Waals surface area contributed by atoms with Crippen LogP contribution in [-0.2, 0) is 0 Å². The highest BCUT2D eigenvalue weighted by molar-refractivity contribution is 5.96. The van der Waals surface area contributed by atoms with E-state index in [4.69, 9.17) is 4.74 Å². The third kappa shape index (κ3) is 2.94. The molecule has 1 aliphatic rings. The first-order valence-electron chi connectivity index (χ1n) is 8.05. The number of pyridine rings is 1. The van der Waals surface area contributed by atoms with Crippen molar-refractivity contribution in [2.24, 2.45) is 11.3 Å². The van der Waals surface area contributed by atoms with Crippen molar-refractivity contribution in [3.63, 3.8) is 0 Å². The summed E-state index contributed by atoms with van der Waals surface area (Å²) in [5.41, 5.74) is 1.51. The molecular formula is C19H22N2O3. The number of aromatic amines is 1. The minimum absolute atomic E-state index is 0.156. The van der Waals surface area contributed by atoms with E-state index >= 15 is 0 Å². The van der Waals surface area contributed by atoms with Crippen molar-refractivity contribution in [2.75, 3.05) is 13.7 Å². The molecule has 1 amide bonds. The van der Waals surface area contributed by atoms with E-state index in [0.717, 1.165) is 0 Å². The molecule has 0 bridgehead atoms. The summed E-state index contributed by atoms with van der Waals surface area (Å²) < 4.78 is 5.12. The van der Waals surface area contributed by atoms with E-state index in [2.05, 4.69) is 36.3 Å². The van der Waals surface area contributed by atoms with Crippen LogP contribution in [0.3, 0.4) is 0 Å². The van der Waals surface area contributed by atoms with Gasteiger partial charge in [0.1, 0.15) is 5.75 Å². The third-order valence-corrected chi connectivity index (χ3v) is 5.04. The summed E-state index contributed by atoms with van der Waals surface area (Å²) in [6, 6.07) is 11.7. The second-order valence-corrected chi connectivity index (χ2v) is 6.81. The van der Waals surface area contributed by atoms with Gasteiger partial charge in [0.15, 0.2) is 0 Å². The Morgan fingerprint density at radius 2 is 2.00 bits per heavy atom. The highest BCUT2D eigenvalue weighted by atomic mass is 16.5. The minimum Gasteiger partial charge on any atom is -0.496 e. The molecular weight excluding hydrogens is 304 g/mol. The number of H-pyrrole nitrogens is 1. The lowest BCUT2D eigenvalue weighted by Gasteiger charge is -2.09. The van der Waals surface area contributed by atoms with Gasteiger partial charge in [-0.05, 0) is 22.8 Å². The van der Waals surface area contributed by atoms with Crippen molar-refractivity contribution in [3.05, 3.63) is 64.1 Å². The molecule has 1 fully saturated rings. The van der Waals surface area contributed by atoms with E-state index in [1.165, 1.54) is 24.9 Å². The van der Waals surface area contributed by atoms with E-state index in [0.29, 0.717) is 23.9 Å². The Bertz CT molecular complexity index is 796. The lowest BCUT2D eigenvalue weighted by molar-refractivity contribution is 0.0947. The lowest BCUT2D eigenvalue weighted by atomic mass is 10.0. The van der Waals surface area contributed by atoms with E-state index in [1.807, 2.05) is 18.2 Å². The van der Waals surface area contributed by atoms with E-state index < -0.39 is 0 Å². The molecule has 2 N–H and O–H groups in total. The van der Waals surface area contributed by atoms with Crippen molar-refractivity contribution >= 4 is 5.91 Å². The SMILES string of the molecule is COc1cc(=O)[nH]cc1C(=O)NC[C@@H]1[C@@H](c2ccccc2)C1(C)C. The smallest absolute Gasteiger partial charge is 0.256 e. The van der Waals surface area contributed by atoms with Crippen LogP contribution < -0.4 is 15.6 Å². The summed E-state index contributed by atoms with van der Waals surface area (Å²) >= 11 is 0. The summed E-state index contributed by atoms with van der Waals surface area (Å²) in [5.74, 6) is 0.873. The second kappa shape index (κ2) is 6.15. The van der Waals surface area contributed by atoms with Gasteiger partial charge in [0.25, 0.3) is 11.5 Å². The molecule has 1 aromatic carbocycles. The maximum atomic E-state index is 12.4. The van der Waals surface area contributed by atoms with Gasteiger partial charge in [-0.15, -0.1) is 0 Å². The van der Waals surface area contributed by atoms with Crippen LogP contribution in [0.25, 0.3) is 0 Å². The summed E-state index contributed by atoms with van der Waals surface area (Å²) in [6.45, 7) is 5.04. The number of carbonyl (C=O) groups is 1. The monoisotopic (exact) mass is 326 g/mol. The standard InChI is InChI=1S/C19H22N2O3/c1-19(2)14(17(19)12-7-5-4-6-8-12)11-21-18(23)13-10-20-16(22)9-15(13)24-3/h4-10,14,17H,11H2,1-3H3,(H,20,22)(H,21,23)/t14-,17-/m1/s1. The fourth-order valence-electron chi connectivity index (χ4n) is 3.54. The van der Waals surface area contributed by atoms with Crippen LogP contribution in [0, 0.1) is 11.3 Å². The van der Waals surface area contributed by atoms with Crippen molar-refractivity contribution in [3.8, 4) is 5.75 Å². The number of hydrogen-bond donors (Lipinski definition) is 2. The average molecular weight is 326 g/mol. The Morgan fingerprint density at radius 3 is 2.67 bits per heavy atom. The van der Waals surface area contributed by atoms with Crippen LogP contribution in [-0.4, -0.2) is 24.5 Å². The largest absolute Gasteiger partial charge is 0.496 e. The summed E-state index contributed by atoms with van der Waals surface area (Å²) in [6.07, 6.45) is 1.39. The number of methoxy groups -OCH3 is 1. The zero-order valence-electron chi connectivity index (χ0n) is 14.1. The molecule has 3 rings (SSSR count). The normalized spacial score (nSPS) is 21.1. The number of rotatable bonds is 5. The number of benzene rings is 1. The Kier molecular flexibility index (Phi) is 4.18. The van der Waals surface area contributed by atoms with Gasteiger partial charge in [-0.2, -0.15) is 0 Å². The van der Waals surface area contributed by atoms with Gasteiger partial charge in [0.2, 0.25) is 0 Å². The molecule has 2 atom stereocenters. The third-order valence-electron chi connectivity index (χ3n) is 5.04. The molecule has 5 heteroatoms. The number of nitrogens with one attached hydrogen (secondary N) is 2. The number of aromatic nitrogens is 1. The number of hydrogen-bond acceptors (Lipinski definition) is 3. The van der Waals surface area contributed by atoms with Gasteiger partial charge < -0.3 is 15.0 Å². The first-order chi connectivity index (χ1) is 11.4. The molecule has 5 nitrogen and oxygen atoms in total. The van der Waals surface area contributed by atoms with Crippen molar-refractivity contribution in [1.82, 2.24) is 10.3 Å². The fraction of sp³-hybridized carbons (Fsp3) is 0.368. The molecule has 126 valence electrons. The maximum Gasteiger partial charge on any atom is 0.256 e.